The van der Waals surface area contributed by atoms with Crippen molar-refractivity contribution < 1.29 is 4.39 Å². The van der Waals surface area contributed by atoms with Gasteiger partial charge in [0.05, 0.1) is 0 Å². The van der Waals surface area contributed by atoms with Crippen LogP contribution in [0.1, 0.15) is 51.2 Å². The predicted octanol–water partition coefficient (Wildman–Crippen LogP) is 4.44. The van der Waals surface area contributed by atoms with Crippen LogP contribution >= 0.6 is 0 Å². The van der Waals surface area contributed by atoms with Gasteiger partial charge in [0, 0.05) is 12.6 Å². The van der Waals surface area contributed by atoms with Gasteiger partial charge in [0.2, 0.25) is 0 Å². The van der Waals surface area contributed by atoms with Gasteiger partial charge in [0.25, 0.3) is 0 Å². The van der Waals surface area contributed by atoms with E-state index in [1.807, 2.05) is 6.07 Å². The molecule has 1 nitrogen and oxygen atoms in total. The van der Waals surface area contributed by atoms with Gasteiger partial charge in [-0.25, -0.2) is 4.39 Å². The normalized spacial score (nSPS) is 34.6. The molecular weight excluding hydrogens is 249 g/mol. The van der Waals surface area contributed by atoms with Gasteiger partial charge in [-0.3, -0.25) is 0 Å². The summed E-state index contributed by atoms with van der Waals surface area (Å²) in [6.45, 7) is 10.1. The minimum atomic E-state index is -0.134. The molecule has 3 rings (SSSR count). The van der Waals surface area contributed by atoms with Gasteiger partial charge in [-0.05, 0) is 66.2 Å². The molecule has 2 fully saturated rings. The fraction of sp³-hybridized carbons (Fsp3) is 0.667. The summed E-state index contributed by atoms with van der Waals surface area (Å²) in [6, 6.07) is 5.63. The number of nitrogens with one attached hydrogen (secondary N) is 1. The second kappa shape index (κ2) is 4.56. The number of rotatable bonds is 3. The molecule has 2 heteroatoms. The molecule has 3 atom stereocenters. The van der Waals surface area contributed by atoms with Crippen LogP contribution in [-0.4, -0.2) is 6.04 Å². The summed E-state index contributed by atoms with van der Waals surface area (Å²) in [5.74, 6) is 0.712. The van der Waals surface area contributed by atoms with Gasteiger partial charge >= 0.3 is 0 Å². The quantitative estimate of drug-likeness (QED) is 0.860. The van der Waals surface area contributed by atoms with Crippen LogP contribution in [0.25, 0.3) is 0 Å². The van der Waals surface area contributed by atoms with Gasteiger partial charge in [-0.1, -0.05) is 26.8 Å². The molecule has 2 saturated carbocycles. The highest BCUT2D eigenvalue weighted by Gasteiger charge is 2.58. The summed E-state index contributed by atoms with van der Waals surface area (Å²) in [6.07, 6.45) is 4.06. The van der Waals surface area contributed by atoms with Crippen LogP contribution in [0.2, 0.25) is 0 Å². The summed E-state index contributed by atoms with van der Waals surface area (Å²) in [5, 5.41) is 3.76. The molecule has 0 aliphatic heterocycles. The van der Waals surface area contributed by atoms with E-state index in [2.05, 4.69) is 33.0 Å². The summed E-state index contributed by atoms with van der Waals surface area (Å²) in [4.78, 5) is 0. The Morgan fingerprint density at radius 2 is 2.05 bits per heavy atom. The Morgan fingerprint density at radius 3 is 2.70 bits per heavy atom. The molecule has 3 unspecified atom stereocenters. The van der Waals surface area contributed by atoms with Crippen LogP contribution in [0.5, 0.6) is 0 Å². The molecule has 2 bridgehead atoms. The third-order valence-electron chi connectivity index (χ3n) is 6.08. The van der Waals surface area contributed by atoms with E-state index in [1.165, 1.54) is 24.8 Å². The van der Waals surface area contributed by atoms with Crippen LogP contribution in [0, 0.1) is 29.5 Å². The fourth-order valence-corrected chi connectivity index (χ4v) is 4.85. The Balaban J connectivity index is 1.77. The van der Waals surface area contributed by atoms with E-state index in [0.29, 0.717) is 16.9 Å². The van der Waals surface area contributed by atoms with Crippen LogP contribution < -0.4 is 5.32 Å². The Bertz CT molecular complexity index is 517. The third-order valence-corrected chi connectivity index (χ3v) is 6.08. The van der Waals surface area contributed by atoms with Gasteiger partial charge in [-0.2, -0.15) is 0 Å². The maximum absolute atomic E-state index is 13.4. The zero-order valence-electron chi connectivity index (χ0n) is 13.1. The molecule has 0 spiro atoms. The average molecular weight is 275 g/mol. The summed E-state index contributed by atoms with van der Waals surface area (Å²) in [7, 11) is 0. The lowest BCUT2D eigenvalue weighted by molar-refractivity contribution is 0.108. The van der Waals surface area contributed by atoms with Crippen molar-refractivity contribution in [1.82, 2.24) is 5.32 Å². The Hall–Kier alpha value is -0.890. The largest absolute Gasteiger partial charge is 0.309 e. The van der Waals surface area contributed by atoms with E-state index < -0.39 is 0 Å². The fourth-order valence-electron chi connectivity index (χ4n) is 4.85. The third kappa shape index (κ3) is 2.09. The van der Waals surface area contributed by atoms with E-state index in [0.717, 1.165) is 18.0 Å². The summed E-state index contributed by atoms with van der Waals surface area (Å²) in [5.41, 5.74) is 3.04. The lowest BCUT2D eigenvalue weighted by atomic mass is 9.68. The first-order chi connectivity index (χ1) is 9.33. The molecule has 110 valence electrons. The lowest BCUT2D eigenvalue weighted by Crippen LogP contribution is -2.50. The molecule has 0 amide bonds. The molecule has 2 aliphatic rings. The van der Waals surface area contributed by atoms with E-state index in [4.69, 9.17) is 0 Å². The van der Waals surface area contributed by atoms with Crippen LogP contribution in [0.3, 0.4) is 0 Å². The van der Waals surface area contributed by atoms with E-state index in [-0.39, 0.29) is 5.82 Å². The van der Waals surface area contributed by atoms with Crippen LogP contribution in [0.15, 0.2) is 18.2 Å². The van der Waals surface area contributed by atoms with Crippen molar-refractivity contribution in [2.24, 2.45) is 16.7 Å². The van der Waals surface area contributed by atoms with Crippen molar-refractivity contribution in [1.29, 1.82) is 0 Å². The van der Waals surface area contributed by atoms with Gasteiger partial charge in [0.15, 0.2) is 0 Å². The van der Waals surface area contributed by atoms with Crippen molar-refractivity contribution in [3.63, 3.8) is 0 Å². The maximum Gasteiger partial charge on any atom is 0.123 e. The van der Waals surface area contributed by atoms with Crippen molar-refractivity contribution in [3.05, 3.63) is 35.1 Å². The highest BCUT2D eigenvalue weighted by Crippen LogP contribution is 2.62. The topological polar surface area (TPSA) is 12.0 Å². The number of halogens is 1. The zero-order chi connectivity index (χ0) is 14.5. The molecule has 2 aliphatic carbocycles. The molecule has 0 aromatic heterocycles. The smallest absolute Gasteiger partial charge is 0.123 e. The second-order valence-electron chi connectivity index (χ2n) is 7.80. The van der Waals surface area contributed by atoms with E-state index in [9.17, 15) is 4.39 Å². The molecule has 0 heterocycles. The zero-order valence-corrected chi connectivity index (χ0v) is 13.1. The predicted molar refractivity (Wildman–Crippen MR) is 81.0 cm³/mol. The number of hydrogen-bond donors (Lipinski definition) is 1. The van der Waals surface area contributed by atoms with Crippen LogP contribution in [0.4, 0.5) is 4.39 Å². The molecule has 1 aromatic carbocycles. The van der Waals surface area contributed by atoms with Crippen molar-refractivity contribution in [2.45, 2.75) is 59.5 Å². The Morgan fingerprint density at radius 1 is 1.30 bits per heavy atom. The summed E-state index contributed by atoms with van der Waals surface area (Å²) < 4.78 is 13.4. The van der Waals surface area contributed by atoms with E-state index >= 15 is 0 Å². The standard InChI is InChI=1S/C18H26FN/c1-12-5-6-15(19)9-13(12)11-20-16-17(2,3)14-7-8-18(16,4)10-14/h5-6,9,14,16,20H,7-8,10-11H2,1-4H3. The molecule has 1 N–H and O–H groups in total. The maximum atomic E-state index is 13.4. The van der Waals surface area contributed by atoms with Crippen molar-refractivity contribution >= 4 is 0 Å². The van der Waals surface area contributed by atoms with E-state index in [1.54, 1.807) is 12.1 Å². The molecule has 0 saturated heterocycles. The molecule has 1 aromatic rings. The first-order valence-corrected chi connectivity index (χ1v) is 7.81. The minimum absolute atomic E-state index is 0.134. The Kier molecular flexibility index (Phi) is 3.20. The van der Waals surface area contributed by atoms with Crippen LogP contribution in [-0.2, 0) is 6.54 Å². The average Bonchev–Trinajstić information content (AvgIpc) is 2.84. The molecule has 0 radical (unpaired) electrons. The highest BCUT2D eigenvalue weighted by atomic mass is 19.1. The molecular formula is C18H26FN. The number of fused-ring (bicyclic) bond motifs is 2. The van der Waals surface area contributed by atoms with Gasteiger partial charge < -0.3 is 5.32 Å². The van der Waals surface area contributed by atoms with Crippen molar-refractivity contribution in [2.75, 3.05) is 0 Å². The number of hydrogen-bond acceptors (Lipinski definition) is 1. The lowest BCUT2D eigenvalue weighted by Gasteiger charge is -2.43. The summed E-state index contributed by atoms with van der Waals surface area (Å²) >= 11 is 0. The number of aryl methyl sites for hydroxylation is 1. The Labute approximate surface area is 122 Å². The SMILES string of the molecule is Cc1ccc(F)cc1CNC1C2(C)CCC(C2)C1(C)C. The first kappa shape index (κ1) is 14.1. The second-order valence-corrected chi connectivity index (χ2v) is 7.80. The first-order valence-electron chi connectivity index (χ1n) is 7.81. The van der Waals surface area contributed by atoms with Gasteiger partial charge in [0.1, 0.15) is 5.82 Å². The van der Waals surface area contributed by atoms with Gasteiger partial charge in [-0.15, -0.1) is 0 Å². The highest BCUT2D eigenvalue weighted by molar-refractivity contribution is 5.27. The monoisotopic (exact) mass is 275 g/mol. The number of benzene rings is 1. The molecule has 20 heavy (non-hydrogen) atoms. The minimum Gasteiger partial charge on any atom is -0.309 e. The van der Waals surface area contributed by atoms with Crippen molar-refractivity contribution in [3.8, 4) is 0 Å².